The first kappa shape index (κ1) is 33.7. The van der Waals surface area contributed by atoms with Crippen LogP contribution in [0.1, 0.15) is 44.7 Å². The van der Waals surface area contributed by atoms with E-state index >= 15 is 0 Å². The molecule has 0 aliphatic carbocycles. The van der Waals surface area contributed by atoms with Crippen molar-refractivity contribution in [2.24, 2.45) is 0 Å². The molecule has 2 amide bonds. The molecule has 0 fully saturated rings. The van der Waals surface area contributed by atoms with Gasteiger partial charge < -0.3 is 10.2 Å². The van der Waals surface area contributed by atoms with Crippen LogP contribution in [0.4, 0.5) is 5.69 Å². The largest absolute Gasteiger partial charge is 0.350 e. The van der Waals surface area contributed by atoms with Crippen molar-refractivity contribution in [3.05, 3.63) is 99.0 Å². The monoisotopic (exact) mass is 651 g/mol. The highest BCUT2D eigenvalue weighted by Gasteiger charge is 2.32. The Kier molecular flexibility index (Phi) is 11.7. The van der Waals surface area contributed by atoms with E-state index in [1.165, 1.54) is 12.1 Å². The van der Waals surface area contributed by atoms with Crippen molar-refractivity contribution in [3.63, 3.8) is 0 Å². The lowest BCUT2D eigenvalue weighted by molar-refractivity contribution is -0.142. The summed E-state index contributed by atoms with van der Waals surface area (Å²) in [5.41, 5.74) is 1.37. The summed E-state index contributed by atoms with van der Waals surface area (Å²) in [6.45, 7) is 5.79. The summed E-state index contributed by atoms with van der Waals surface area (Å²) in [6, 6.07) is 20.4. The van der Waals surface area contributed by atoms with Crippen LogP contribution in [0.15, 0.2) is 72.8 Å². The minimum atomic E-state index is -3.73. The van der Waals surface area contributed by atoms with Crippen molar-refractivity contribution in [1.82, 2.24) is 10.2 Å². The van der Waals surface area contributed by atoms with Crippen LogP contribution in [0, 0.1) is 0 Å². The molecule has 0 saturated heterocycles. The van der Waals surface area contributed by atoms with Crippen molar-refractivity contribution in [2.75, 3.05) is 17.1 Å². The molecule has 7 nitrogen and oxygen atoms in total. The van der Waals surface area contributed by atoms with Crippen LogP contribution in [-0.4, -0.2) is 49.5 Å². The van der Waals surface area contributed by atoms with E-state index in [9.17, 15) is 18.0 Å². The summed E-state index contributed by atoms with van der Waals surface area (Å²) in [5, 5.41) is 4.10. The Morgan fingerprint density at radius 1 is 0.881 bits per heavy atom. The van der Waals surface area contributed by atoms with Crippen molar-refractivity contribution >= 4 is 62.3 Å². The molecule has 0 bridgehead atoms. The van der Waals surface area contributed by atoms with E-state index in [-0.39, 0.29) is 48.5 Å². The fourth-order valence-corrected chi connectivity index (χ4v) is 6.12. The third-order valence-electron chi connectivity index (χ3n) is 6.34. The first-order chi connectivity index (χ1) is 19.6. The van der Waals surface area contributed by atoms with Crippen molar-refractivity contribution in [2.45, 2.75) is 58.2 Å². The zero-order valence-corrected chi connectivity index (χ0v) is 27.2. The molecule has 0 saturated carbocycles. The van der Waals surface area contributed by atoms with Gasteiger partial charge in [-0.2, -0.15) is 0 Å². The van der Waals surface area contributed by atoms with Gasteiger partial charge in [-0.15, -0.1) is 0 Å². The molecule has 3 aromatic rings. The molecule has 0 unspecified atom stereocenters. The summed E-state index contributed by atoms with van der Waals surface area (Å²) < 4.78 is 26.5. The predicted octanol–water partition coefficient (Wildman–Crippen LogP) is 6.75. The molecule has 3 rings (SSSR count). The number of rotatable bonds is 12. The van der Waals surface area contributed by atoms with E-state index in [2.05, 4.69) is 5.32 Å². The maximum atomic E-state index is 13.9. The normalized spacial score (nSPS) is 12.5. The Morgan fingerprint density at radius 3 is 2.14 bits per heavy atom. The van der Waals surface area contributed by atoms with E-state index in [1.807, 2.05) is 57.2 Å². The highest BCUT2D eigenvalue weighted by Crippen LogP contribution is 2.31. The molecule has 0 aliphatic rings. The smallest absolute Gasteiger partial charge is 0.243 e. The Bertz CT molecular complexity index is 1490. The number of hydrogen-bond acceptors (Lipinski definition) is 4. The van der Waals surface area contributed by atoms with Gasteiger partial charge in [0.25, 0.3) is 0 Å². The summed E-state index contributed by atoms with van der Waals surface area (Å²) in [4.78, 5) is 29.2. The number of carbonyl (C=O) groups excluding carboxylic acids is 2. The molecule has 0 aliphatic heterocycles. The first-order valence-corrected chi connectivity index (χ1v) is 16.4. The molecule has 1 atom stereocenters. The van der Waals surface area contributed by atoms with Gasteiger partial charge in [-0.05, 0) is 68.7 Å². The predicted molar refractivity (Wildman–Crippen MR) is 172 cm³/mol. The fourth-order valence-electron chi connectivity index (χ4n) is 4.50. The van der Waals surface area contributed by atoms with Gasteiger partial charge in [0.1, 0.15) is 6.04 Å². The second-order valence-corrected chi connectivity index (χ2v) is 14.3. The number of halogens is 3. The van der Waals surface area contributed by atoms with Crippen molar-refractivity contribution < 1.29 is 18.0 Å². The SMILES string of the molecule is CC(C)(C)NC(=O)[C@H](Cc1ccccc1)N(Cc1cccc(Cl)c1)C(=O)CCCN(c1cc(Cl)ccc1Cl)S(C)(=O)=O. The summed E-state index contributed by atoms with van der Waals surface area (Å²) >= 11 is 18.7. The average Bonchev–Trinajstić information content (AvgIpc) is 2.89. The lowest BCUT2D eigenvalue weighted by Crippen LogP contribution is -2.54. The maximum Gasteiger partial charge on any atom is 0.243 e. The molecule has 226 valence electrons. The Labute approximate surface area is 263 Å². The third kappa shape index (κ3) is 10.2. The Hall–Kier alpha value is -2.78. The van der Waals surface area contributed by atoms with Gasteiger partial charge in [-0.3, -0.25) is 13.9 Å². The second kappa shape index (κ2) is 14.6. The molecular weight excluding hydrogens is 617 g/mol. The Morgan fingerprint density at radius 2 is 1.52 bits per heavy atom. The van der Waals surface area contributed by atoms with Gasteiger partial charge >= 0.3 is 0 Å². The highest BCUT2D eigenvalue weighted by atomic mass is 35.5. The molecule has 11 heteroatoms. The molecular formula is C31H36Cl3N3O4S. The molecule has 0 heterocycles. The topological polar surface area (TPSA) is 86.8 Å². The van der Waals surface area contributed by atoms with E-state index in [1.54, 1.807) is 29.2 Å². The number of carbonyl (C=O) groups is 2. The van der Waals surface area contributed by atoms with Gasteiger partial charge in [-0.25, -0.2) is 8.42 Å². The second-order valence-electron chi connectivity index (χ2n) is 11.1. The zero-order valence-electron chi connectivity index (χ0n) is 24.1. The van der Waals surface area contributed by atoms with E-state index in [4.69, 9.17) is 34.8 Å². The molecule has 3 aromatic carbocycles. The van der Waals surface area contributed by atoms with Crippen LogP contribution in [0.25, 0.3) is 0 Å². The molecule has 0 aromatic heterocycles. The van der Waals surface area contributed by atoms with Crippen molar-refractivity contribution in [3.8, 4) is 0 Å². The van der Waals surface area contributed by atoms with Gasteiger partial charge in [0.05, 0.1) is 17.0 Å². The minimum Gasteiger partial charge on any atom is -0.350 e. The zero-order chi connectivity index (χ0) is 31.1. The quantitative estimate of drug-likeness (QED) is 0.235. The van der Waals surface area contributed by atoms with Crippen LogP contribution < -0.4 is 9.62 Å². The Balaban J connectivity index is 1.92. The minimum absolute atomic E-state index is 0.00677. The first-order valence-electron chi connectivity index (χ1n) is 13.5. The number of sulfonamides is 1. The van der Waals surface area contributed by atoms with Crippen LogP contribution in [-0.2, 0) is 32.6 Å². The van der Waals surface area contributed by atoms with E-state index in [0.717, 1.165) is 21.7 Å². The average molecular weight is 653 g/mol. The summed E-state index contributed by atoms with van der Waals surface area (Å²) in [5.74, 6) is -0.587. The van der Waals surface area contributed by atoms with Gasteiger partial charge in [0.15, 0.2) is 0 Å². The summed E-state index contributed by atoms with van der Waals surface area (Å²) in [7, 11) is -3.73. The number of amides is 2. The lowest BCUT2D eigenvalue weighted by Gasteiger charge is -2.34. The number of nitrogens with one attached hydrogen (secondary N) is 1. The number of anilines is 1. The molecule has 1 N–H and O–H groups in total. The number of hydrogen-bond donors (Lipinski definition) is 1. The fraction of sp³-hybridized carbons (Fsp3) is 0.355. The van der Waals surface area contributed by atoms with Crippen LogP contribution in [0.5, 0.6) is 0 Å². The van der Waals surface area contributed by atoms with Crippen LogP contribution in [0.2, 0.25) is 15.1 Å². The third-order valence-corrected chi connectivity index (χ3v) is 8.31. The maximum absolute atomic E-state index is 13.9. The molecule has 0 radical (unpaired) electrons. The van der Waals surface area contributed by atoms with E-state index < -0.39 is 21.6 Å². The lowest BCUT2D eigenvalue weighted by atomic mass is 10.00. The van der Waals surface area contributed by atoms with Crippen LogP contribution in [0.3, 0.4) is 0 Å². The van der Waals surface area contributed by atoms with Crippen LogP contribution >= 0.6 is 34.8 Å². The summed E-state index contributed by atoms with van der Waals surface area (Å²) in [6.07, 6.45) is 1.53. The van der Waals surface area contributed by atoms with Crippen molar-refractivity contribution in [1.29, 1.82) is 0 Å². The molecule has 42 heavy (non-hydrogen) atoms. The highest BCUT2D eigenvalue weighted by molar-refractivity contribution is 7.92. The standard InChI is InChI=1S/C31H36Cl3N3O4S/c1-31(2,3)35-30(39)28(19-22-10-6-5-7-11-22)36(21-23-12-8-13-24(32)18-23)29(38)14-9-17-37(42(4,40)41)27-20-25(33)15-16-26(27)34/h5-8,10-13,15-16,18,20,28H,9,14,17,19,21H2,1-4H3,(H,35,39)/t28-/m0/s1. The number of nitrogens with zero attached hydrogens (tertiary/aromatic N) is 2. The van der Waals surface area contributed by atoms with Gasteiger partial charge in [-0.1, -0.05) is 77.3 Å². The van der Waals surface area contributed by atoms with E-state index in [0.29, 0.717) is 16.5 Å². The number of benzene rings is 3. The van der Waals surface area contributed by atoms with Gasteiger partial charge in [0.2, 0.25) is 21.8 Å². The van der Waals surface area contributed by atoms with Gasteiger partial charge in [0, 0.05) is 41.5 Å². The molecule has 0 spiro atoms.